The summed E-state index contributed by atoms with van der Waals surface area (Å²) in [7, 11) is 1.47. The zero-order valence-electron chi connectivity index (χ0n) is 9.40. The molecule has 1 fully saturated rings. The molecular formula is C10H20N2O3. The first-order chi connectivity index (χ1) is 7.06. The van der Waals surface area contributed by atoms with E-state index in [0.717, 1.165) is 12.8 Å². The summed E-state index contributed by atoms with van der Waals surface area (Å²) in [5.41, 5.74) is 4.71. The van der Waals surface area contributed by atoms with Crippen LogP contribution in [0.3, 0.4) is 0 Å². The van der Waals surface area contributed by atoms with Crippen LogP contribution in [0.4, 0.5) is 0 Å². The fraction of sp³-hybridized carbons (Fsp3) is 0.900. The second kappa shape index (κ2) is 4.92. The van der Waals surface area contributed by atoms with Crippen LogP contribution in [0.2, 0.25) is 0 Å². The van der Waals surface area contributed by atoms with Crippen molar-refractivity contribution in [2.75, 3.05) is 26.7 Å². The maximum atomic E-state index is 11.7. The third kappa shape index (κ3) is 2.68. The molecule has 1 saturated heterocycles. The van der Waals surface area contributed by atoms with Crippen LogP contribution < -0.4 is 5.73 Å². The number of rotatable bonds is 5. The first-order valence-corrected chi connectivity index (χ1v) is 5.30. The fourth-order valence-corrected chi connectivity index (χ4v) is 1.95. The third-order valence-electron chi connectivity index (χ3n) is 2.77. The summed E-state index contributed by atoms with van der Waals surface area (Å²) < 4.78 is 4.95. The molecule has 1 amide bonds. The van der Waals surface area contributed by atoms with Crippen LogP contribution in [0.25, 0.3) is 0 Å². The van der Waals surface area contributed by atoms with E-state index in [4.69, 9.17) is 10.5 Å². The lowest BCUT2D eigenvalue weighted by molar-refractivity contribution is -0.165. The number of hydrogen-bond acceptors (Lipinski definition) is 4. The van der Waals surface area contributed by atoms with Crippen LogP contribution in [0.1, 0.15) is 19.8 Å². The number of ether oxygens (including phenoxy) is 1. The van der Waals surface area contributed by atoms with E-state index in [9.17, 15) is 9.90 Å². The summed E-state index contributed by atoms with van der Waals surface area (Å²) in [6.45, 7) is 3.00. The lowest BCUT2D eigenvalue weighted by atomic mass is 9.89. The highest BCUT2D eigenvalue weighted by atomic mass is 16.5. The van der Waals surface area contributed by atoms with Crippen molar-refractivity contribution in [1.82, 2.24) is 4.90 Å². The number of likely N-dealkylation sites (tertiary alicyclic amines) is 1. The summed E-state index contributed by atoms with van der Waals surface area (Å²) >= 11 is 0. The Morgan fingerprint density at radius 3 is 2.67 bits per heavy atom. The predicted molar refractivity (Wildman–Crippen MR) is 56.3 cm³/mol. The van der Waals surface area contributed by atoms with Crippen LogP contribution in [-0.2, 0) is 9.53 Å². The molecule has 0 spiro atoms. The van der Waals surface area contributed by atoms with Crippen LogP contribution in [0.15, 0.2) is 0 Å². The minimum absolute atomic E-state index is 0.124. The van der Waals surface area contributed by atoms with Gasteiger partial charge >= 0.3 is 0 Å². The molecule has 0 saturated carbocycles. The van der Waals surface area contributed by atoms with Crippen molar-refractivity contribution < 1.29 is 14.6 Å². The van der Waals surface area contributed by atoms with Gasteiger partial charge < -0.3 is 20.5 Å². The SMILES string of the molecule is CCCC1(O)CN(C(=O)C(CN)OC)C1. The highest BCUT2D eigenvalue weighted by molar-refractivity contribution is 5.82. The minimum atomic E-state index is -0.683. The van der Waals surface area contributed by atoms with Crippen molar-refractivity contribution in [3.8, 4) is 0 Å². The molecule has 0 bridgehead atoms. The standard InChI is InChI=1S/C10H20N2O3/c1-3-4-10(14)6-12(7-10)9(13)8(5-11)15-2/h8,14H,3-7,11H2,1-2H3. The summed E-state index contributed by atoms with van der Waals surface area (Å²) in [6, 6.07) is 0. The van der Waals surface area contributed by atoms with Crippen molar-refractivity contribution in [3.05, 3.63) is 0 Å². The quantitative estimate of drug-likeness (QED) is 0.639. The highest BCUT2D eigenvalue weighted by Gasteiger charge is 2.44. The topological polar surface area (TPSA) is 75.8 Å². The number of amides is 1. The van der Waals surface area contributed by atoms with Gasteiger partial charge in [0.2, 0.25) is 0 Å². The number of carbonyl (C=O) groups is 1. The molecular weight excluding hydrogens is 196 g/mol. The molecule has 5 heteroatoms. The summed E-state index contributed by atoms with van der Waals surface area (Å²) in [5, 5.41) is 9.89. The van der Waals surface area contributed by atoms with Gasteiger partial charge in [0.1, 0.15) is 6.10 Å². The van der Waals surface area contributed by atoms with E-state index in [0.29, 0.717) is 13.1 Å². The molecule has 0 aliphatic carbocycles. The zero-order chi connectivity index (χ0) is 11.5. The van der Waals surface area contributed by atoms with Crippen LogP contribution in [0, 0.1) is 0 Å². The second-order valence-electron chi connectivity index (χ2n) is 4.13. The predicted octanol–water partition coefficient (Wildman–Crippen LogP) is -0.666. The molecule has 5 nitrogen and oxygen atoms in total. The van der Waals surface area contributed by atoms with E-state index < -0.39 is 11.7 Å². The fourth-order valence-electron chi connectivity index (χ4n) is 1.95. The van der Waals surface area contributed by atoms with E-state index in [1.54, 1.807) is 4.90 Å². The van der Waals surface area contributed by atoms with Gasteiger partial charge in [-0.05, 0) is 6.42 Å². The molecule has 1 aliphatic heterocycles. The average Bonchev–Trinajstić information content (AvgIpc) is 2.16. The van der Waals surface area contributed by atoms with Crippen molar-refractivity contribution in [1.29, 1.82) is 0 Å². The number of methoxy groups -OCH3 is 1. The highest BCUT2D eigenvalue weighted by Crippen LogP contribution is 2.26. The Hall–Kier alpha value is -0.650. The van der Waals surface area contributed by atoms with Crippen molar-refractivity contribution in [2.24, 2.45) is 5.73 Å². The van der Waals surface area contributed by atoms with Gasteiger partial charge in [-0.15, -0.1) is 0 Å². The average molecular weight is 216 g/mol. The lowest BCUT2D eigenvalue weighted by Gasteiger charge is -2.47. The van der Waals surface area contributed by atoms with E-state index in [2.05, 4.69) is 0 Å². The number of carbonyl (C=O) groups excluding carboxylic acids is 1. The van der Waals surface area contributed by atoms with E-state index in [1.165, 1.54) is 7.11 Å². The maximum absolute atomic E-state index is 11.7. The Labute approximate surface area is 90.2 Å². The Morgan fingerprint density at radius 1 is 1.67 bits per heavy atom. The molecule has 0 aromatic rings. The third-order valence-corrected chi connectivity index (χ3v) is 2.77. The summed E-state index contributed by atoms with van der Waals surface area (Å²) in [6.07, 6.45) is 1.08. The molecule has 0 aromatic heterocycles. The smallest absolute Gasteiger partial charge is 0.253 e. The number of nitrogens with two attached hydrogens (primary N) is 1. The number of nitrogens with zero attached hydrogens (tertiary/aromatic N) is 1. The Kier molecular flexibility index (Phi) is 4.07. The number of β-amino-alcohol motifs (C(OH)–C–C–N with tert-alkyl or cyclic N) is 1. The van der Waals surface area contributed by atoms with Crippen LogP contribution in [0.5, 0.6) is 0 Å². The molecule has 3 N–H and O–H groups in total. The largest absolute Gasteiger partial charge is 0.386 e. The second-order valence-corrected chi connectivity index (χ2v) is 4.13. The first kappa shape index (κ1) is 12.4. The van der Waals surface area contributed by atoms with Gasteiger partial charge in [-0.25, -0.2) is 0 Å². The summed E-state index contributed by atoms with van der Waals surface area (Å²) in [4.78, 5) is 13.3. The molecule has 1 rings (SSSR count). The van der Waals surface area contributed by atoms with Gasteiger partial charge in [-0.1, -0.05) is 13.3 Å². The number of hydrogen-bond donors (Lipinski definition) is 2. The monoisotopic (exact) mass is 216 g/mol. The molecule has 1 heterocycles. The van der Waals surface area contributed by atoms with Crippen molar-refractivity contribution in [2.45, 2.75) is 31.5 Å². The molecule has 1 unspecified atom stereocenters. The molecule has 88 valence electrons. The lowest BCUT2D eigenvalue weighted by Crippen LogP contribution is -2.65. The van der Waals surface area contributed by atoms with Crippen LogP contribution >= 0.6 is 0 Å². The molecule has 0 aromatic carbocycles. The van der Waals surface area contributed by atoms with Gasteiger partial charge in [0.15, 0.2) is 0 Å². The van der Waals surface area contributed by atoms with Crippen LogP contribution in [-0.4, -0.2) is 54.4 Å². The molecule has 15 heavy (non-hydrogen) atoms. The molecule has 1 aliphatic rings. The van der Waals surface area contributed by atoms with Gasteiger partial charge in [-0.2, -0.15) is 0 Å². The zero-order valence-corrected chi connectivity index (χ0v) is 9.40. The van der Waals surface area contributed by atoms with Gasteiger partial charge in [0, 0.05) is 13.7 Å². The minimum Gasteiger partial charge on any atom is -0.386 e. The Morgan fingerprint density at radius 2 is 2.27 bits per heavy atom. The van der Waals surface area contributed by atoms with Crippen molar-refractivity contribution >= 4 is 5.91 Å². The Bertz CT molecular complexity index is 223. The van der Waals surface area contributed by atoms with Gasteiger partial charge in [0.25, 0.3) is 5.91 Å². The maximum Gasteiger partial charge on any atom is 0.253 e. The molecule has 1 atom stereocenters. The van der Waals surface area contributed by atoms with Crippen molar-refractivity contribution in [3.63, 3.8) is 0 Å². The normalized spacial score (nSPS) is 20.9. The first-order valence-electron chi connectivity index (χ1n) is 5.30. The van der Waals surface area contributed by atoms with Gasteiger partial charge in [-0.3, -0.25) is 4.79 Å². The van der Waals surface area contributed by atoms with E-state index >= 15 is 0 Å². The Balaban J connectivity index is 2.40. The van der Waals surface area contributed by atoms with E-state index in [1.807, 2.05) is 6.92 Å². The van der Waals surface area contributed by atoms with E-state index in [-0.39, 0.29) is 12.5 Å². The number of aliphatic hydroxyl groups is 1. The van der Waals surface area contributed by atoms with Gasteiger partial charge in [0.05, 0.1) is 18.7 Å². The molecule has 0 radical (unpaired) electrons. The summed E-state index contributed by atoms with van der Waals surface area (Å²) in [5.74, 6) is -0.124.